The molecule has 0 bridgehead atoms. The van der Waals surface area contributed by atoms with E-state index in [9.17, 15) is 0 Å². The summed E-state index contributed by atoms with van der Waals surface area (Å²) in [6.07, 6.45) is 2.32. The zero-order valence-corrected chi connectivity index (χ0v) is 9.66. The van der Waals surface area contributed by atoms with Gasteiger partial charge in [0, 0.05) is 5.69 Å². The minimum Gasteiger partial charge on any atom is -0.462 e. The number of benzene rings is 1. The molecule has 0 saturated heterocycles. The number of nitrogen functional groups attached to an aromatic ring is 1. The van der Waals surface area contributed by atoms with Gasteiger partial charge >= 0.3 is 0 Å². The molecule has 0 aliphatic rings. The molecule has 2 aromatic rings. The monoisotopic (exact) mass is 219 g/mol. The maximum atomic E-state index is 5.69. The molecule has 16 heavy (non-hydrogen) atoms. The van der Waals surface area contributed by atoms with Crippen molar-refractivity contribution >= 4 is 16.7 Å². The molecule has 0 fully saturated rings. The van der Waals surface area contributed by atoms with Gasteiger partial charge in [0.25, 0.3) is 6.01 Å². The summed E-state index contributed by atoms with van der Waals surface area (Å²) in [5.41, 5.74) is 8.22. The molecule has 1 heterocycles. The number of fused-ring (bicyclic) bond motifs is 1. The van der Waals surface area contributed by atoms with E-state index in [-0.39, 0.29) is 6.10 Å². The van der Waals surface area contributed by atoms with Gasteiger partial charge in [-0.1, -0.05) is 13.3 Å². The first-order chi connectivity index (χ1) is 7.69. The fraction of sp³-hybridized carbons (Fsp3) is 0.417. The number of hydrogen-bond donors (Lipinski definition) is 2. The molecule has 0 amide bonds. The lowest BCUT2D eigenvalue weighted by Crippen LogP contribution is -2.11. The number of aromatic nitrogens is 2. The molecule has 3 N–H and O–H groups in total. The molecule has 2 rings (SSSR count). The highest BCUT2D eigenvalue weighted by atomic mass is 16.5. The van der Waals surface area contributed by atoms with Gasteiger partial charge in [-0.05, 0) is 31.5 Å². The zero-order chi connectivity index (χ0) is 11.5. The van der Waals surface area contributed by atoms with Gasteiger partial charge in [-0.2, -0.15) is 4.98 Å². The summed E-state index contributed by atoms with van der Waals surface area (Å²) in [6.45, 7) is 4.18. The highest BCUT2D eigenvalue weighted by molar-refractivity contribution is 5.79. The van der Waals surface area contributed by atoms with Crippen LogP contribution in [0.4, 0.5) is 5.69 Å². The molecule has 1 unspecified atom stereocenters. The predicted octanol–water partition coefficient (Wildman–Crippen LogP) is 2.71. The summed E-state index contributed by atoms with van der Waals surface area (Å²) in [5.74, 6) is 0. The summed E-state index contributed by atoms with van der Waals surface area (Å²) in [4.78, 5) is 7.46. The van der Waals surface area contributed by atoms with Crippen molar-refractivity contribution < 1.29 is 4.74 Å². The maximum Gasteiger partial charge on any atom is 0.294 e. The molecule has 0 saturated carbocycles. The average Bonchev–Trinajstić information content (AvgIpc) is 2.59. The second-order valence-corrected chi connectivity index (χ2v) is 4.04. The van der Waals surface area contributed by atoms with E-state index < -0.39 is 0 Å². The smallest absolute Gasteiger partial charge is 0.294 e. The summed E-state index contributed by atoms with van der Waals surface area (Å²) >= 11 is 0. The van der Waals surface area contributed by atoms with Crippen LogP contribution in [0.3, 0.4) is 0 Å². The number of nitrogens with zero attached hydrogens (tertiary/aromatic N) is 1. The summed E-state index contributed by atoms with van der Waals surface area (Å²) in [7, 11) is 0. The minimum absolute atomic E-state index is 0.183. The van der Waals surface area contributed by atoms with Crippen LogP contribution in [-0.4, -0.2) is 16.1 Å². The van der Waals surface area contributed by atoms with Gasteiger partial charge in [0.1, 0.15) is 0 Å². The lowest BCUT2D eigenvalue weighted by Gasteiger charge is -2.09. The molecular weight excluding hydrogens is 202 g/mol. The van der Waals surface area contributed by atoms with E-state index in [2.05, 4.69) is 16.9 Å². The molecule has 1 aromatic heterocycles. The van der Waals surface area contributed by atoms with Crippen molar-refractivity contribution in [2.45, 2.75) is 32.8 Å². The van der Waals surface area contributed by atoms with Crippen molar-refractivity contribution in [2.24, 2.45) is 0 Å². The number of anilines is 1. The summed E-state index contributed by atoms with van der Waals surface area (Å²) in [6, 6.07) is 6.15. The normalized spacial score (nSPS) is 12.9. The maximum absolute atomic E-state index is 5.69. The van der Waals surface area contributed by atoms with Crippen LogP contribution < -0.4 is 10.5 Å². The van der Waals surface area contributed by atoms with E-state index in [1.165, 1.54) is 0 Å². The fourth-order valence-corrected chi connectivity index (χ4v) is 1.72. The van der Waals surface area contributed by atoms with Crippen LogP contribution in [0, 0.1) is 0 Å². The first-order valence-electron chi connectivity index (χ1n) is 5.61. The molecule has 0 aliphatic carbocycles. The quantitative estimate of drug-likeness (QED) is 0.777. The number of H-pyrrole nitrogens is 1. The Kier molecular flexibility index (Phi) is 2.99. The third-order valence-electron chi connectivity index (χ3n) is 2.49. The molecule has 0 spiro atoms. The standard InChI is InChI=1S/C12H17N3O/c1-3-4-8(2)16-12-14-10-6-5-9(13)7-11(10)15-12/h5-8H,3-4,13H2,1-2H3,(H,14,15). The Bertz CT molecular complexity index is 478. The Balaban J connectivity index is 2.19. The number of nitrogens with two attached hydrogens (primary N) is 1. The van der Waals surface area contributed by atoms with E-state index >= 15 is 0 Å². The van der Waals surface area contributed by atoms with Gasteiger partial charge in [0.05, 0.1) is 17.1 Å². The lowest BCUT2D eigenvalue weighted by molar-refractivity contribution is 0.195. The SMILES string of the molecule is CCCC(C)Oc1nc2ccc(N)cc2[nH]1. The molecule has 0 radical (unpaired) electrons. The molecule has 86 valence electrons. The van der Waals surface area contributed by atoms with Gasteiger partial charge in [-0.15, -0.1) is 0 Å². The summed E-state index contributed by atoms with van der Waals surface area (Å²) < 4.78 is 5.67. The minimum atomic E-state index is 0.183. The number of nitrogens with one attached hydrogen (secondary N) is 1. The molecular formula is C12H17N3O. The van der Waals surface area contributed by atoms with Crippen molar-refractivity contribution in [1.82, 2.24) is 9.97 Å². The van der Waals surface area contributed by atoms with Crippen LogP contribution in [-0.2, 0) is 0 Å². The number of hydrogen-bond acceptors (Lipinski definition) is 3. The van der Waals surface area contributed by atoms with Gasteiger partial charge < -0.3 is 15.5 Å². The second-order valence-electron chi connectivity index (χ2n) is 4.04. The molecule has 1 atom stereocenters. The van der Waals surface area contributed by atoms with Crippen molar-refractivity contribution in [3.05, 3.63) is 18.2 Å². The van der Waals surface area contributed by atoms with Crippen molar-refractivity contribution in [2.75, 3.05) is 5.73 Å². The van der Waals surface area contributed by atoms with E-state index in [4.69, 9.17) is 10.5 Å². The predicted molar refractivity (Wildman–Crippen MR) is 65.5 cm³/mol. The average molecular weight is 219 g/mol. The zero-order valence-electron chi connectivity index (χ0n) is 9.66. The highest BCUT2D eigenvalue weighted by Gasteiger charge is 2.07. The fourth-order valence-electron chi connectivity index (χ4n) is 1.72. The number of rotatable bonds is 4. The lowest BCUT2D eigenvalue weighted by atomic mass is 10.2. The Morgan fingerprint density at radius 2 is 2.31 bits per heavy atom. The largest absolute Gasteiger partial charge is 0.462 e. The first kappa shape index (κ1) is 10.8. The second kappa shape index (κ2) is 4.43. The van der Waals surface area contributed by atoms with Crippen LogP contribution in [0.2, 0.25) is 0 Å². The van der Waals surface area contributed by atoms with Crippen LogP contribution in [0.5, 0.6) is 6.01 Å². The third kappa shape index (κ3) is 2.27. The molecule has 1 aromatic carbocycles. The molecule has 0 aliphatic heterocycles. The van der Waals surface area contributed by atoms with E-state index in [1.54, 1.807) is 0 Å². The third-order valence-corrected chi connectivity index (χ3v) is 2.49. The van der Waals surface area contributed by atoms with Crippen molar-refractivity contribution in [3.63, 3.8) is 0 Å². The van der Waals surface area contributed by atoms with E-state index in [0.29, 0.717) is 6.01 Å². The Hall–Kier alpha value is -1.71. The van der Waals surface area contributed by atoms with Gasteiger partial charge in [0.15, 0.2) is 0 Å². The van der Waals surface area contributed by atoms with Crippen LogP contribution in [0.1, 0.15) is 26.7 Å². The van der Waals surface area contributed by atoms with Crippen molar-refractivity contribution in [1.29, 1.82) is 0 Å². The topological polar surface area (TPSA) is 63.9 Å². The molecule has 4 heteroatoms. The van der Waals surface area contributed by atoms with Crippen molar-refractivity contribution in [3.8, 4) is 6.01 Å². The number of imidazole rings is 1. The number of aromatic amines is 1. The summed E-state index contributed by atoms with van der Waals surface area (Å²) in [5, 5.41) is 0. The Labute approximate surface area is 94.8 Å². The number of ether oxygens (including phenoxy) is 1. The Morgan fingerprint density at radius 1 is 1.50 bits per heavy atom. The van der Waals surface area contributed by atoms with Gasteiger partial charge in [0.2, 0.25) is 0 Å². The van der Waals surface area contributed by atoms with Crippen LogP contribution in [0.15, 0.2) is 18.2 Å². The highest BCUT2D eigenvalue weighted by Crippen LogP contribution is 2.19. The van der Waals surface area contributed by atoms with Crippen LogP contribution >= 0.6 is 0 Å². The van der Waals surface area contributed by atoms with Gasteiger partial charge in [-0.25, -0.2) is 0 Å². The van der Waals surface area contributed by atoms with Crippen LogP contribution in [0.25, 0.3) is 11.0 Å². The van der Waals surface area contributed by atoms with E-state index in [0.717, 1.165) is 29.6 Å². The van der Waals surface area contributed by atoms with E-state index in [1.807, 2.05) is 25.1 Å². The van der Waals surface area contributed by atoms with Gasteiger partial charge in [-0.3, -0.25) is 0 Å². The Morgan fingerprint density at radius 3 is 3.06 bits per heavy atom. The first-order valence-corrected chi connectivity index (χ1v) is 5.61. The molecule has 4 nitrogen and oxygen atoms in total.